The summed E-state index contributed by atoms with van der Waals surface area (Å²) < 4.78 is 22.5. The minimum absolute atomic E-state index is 0.734. The van der Waals surface area contributed by atoms with Gasteiger partial charge >= 0.3 is 0 Å². The Morgan fingerprint density at radius 2 is 0.889 bits per heavy atom. The zero-order valence-corrected chi connectivity index (χ0v) is 50.6. The van der Waals surface area contributed by atoms with Crippen molar-refractivity contribution < 1.29 is 18.6 Å². The van der Waals surface area contributed by atoms with E-state index in [1.165, 1.54) is 83.5 Å². The molecule has 0 saturated carbocycles. The number of benzene rings is 8. The van der Waals surface area contributed by atoms with Gasteiger partial charge in [0.05, 0.1) is 52.4 Å². The highest BCUT2D eigenvalue weighted by Crippen LogP contribution is 2.53. The van der Waals surface area contributed by atoms with Crippen molar-refractivity contribution in [1.82, 2.24) is 9.97 Å². The molecule has 0 N–H and O–H groups in total. The third-order valence-electron chi connectivity index (χ3n) is 13.9. The molecular weight excluding hydrogens is 1040 g/mol. The van der Waals surface area contributed by atoms with Gasteiger partial charge in [0, 0.05) is 46.2 Å². The summed E-state index contributed by atoms with van der Waals surface area (Å²) in [7, 11) is 3.77. The van der Waals surface area contributed by atoms with Crippen molar-refractivity contribution in [3.8, 4) is 28.7 Å². The van der Waals surface area contributed by atoms with Gasteiger partial charge in [-0.3, -0.25) is 0 Å². The van der Waals surface area contributed by atoms with Crippen molar-refractivity contribution in [3.63, 3.8) is 0 Å². The number of rotatable bonds is 6. The van der Waals surface area contributed by atoms with Crippen LogP contribution in [0, 0.1) is 69.2 Å². The predicted octanol–water partition coefficient (Wildman–Crippen LogP) is 20.7. The van der Waals surface area contributed by atoms with Crippen molar-refractivity contribution >= 4 is 68.6 Å². The topological polar surface area (TPSA) is 76.3 Å². The molecule has 9 nitrogen and oxygen atoms in total. The van der Waals surface area contributed by atoms with E-state index in [2.05, 4.69) is 233 Å². The second kappa shape index (κ2) is 25.9. The molecule has 13 rings (SSSR count). The minimum Gasteiger partial charge on any atom is -0.497 e. The quantitative estimate of drug-likeness (QED) is 0.161. The molecule has 0 aliphatic carbocycles. The molecule has 81 heavy (non-hydrogen) atoms. The maximum absolute atomic E-state index is 6.23. The van der Waals surface area contributed by atoms with Gasteiger partial charge in [0.2, 0.25) is 0 Å². The van der Waals surface area contributed by atoms with Gasteiger partial charge in [-0.2, -0.15) is 0 Å². The van der Waals surface area contributed by atoms with Crippen LogP contribution < -0.4 is 28.9 Å². The first kappa shape index (κ1) is 57.4. The number of thiazole rings is 1. The Balaban J connectivity index is 0.000000132. The predicted molar refractivity (Wildman–Crippen MR) is 339 cm³/mol. The Kier molecular flexibility index (Phi) is 18.4. The Hall–Kier alpha value is -8.25. The lowest BCUT2D eigenvalue weighted by Gasteiger charge is -2.33. The number of methoxy groups -OCH3 is 1. The fraction of sp³-hybridized carbons (Fsp3) is 0.229. The van der Waals surface area contributed by atoms with Gasteiger partial charge in [0.15, 0.2) is 28.9 Å². The largest absolute Gasteiger partial charge is 0.497 e. The molecule has 10 aromatic rings. The van der Waals surface area contributed by atoms with Crippen molar-refractivity contribution in [2.24, 2.45) is 0 Å². The van der Waals surface area contributed by atoms with E-state index in [-0.39, 0.29) is 0 Å². The lowest BCUT2D eigenvalue weighted by molar-refractivity contribution is 0.415. The molecule has 0 spiro atoms. The number of hydrogen-bond acceptors (Lipinski definition) is 11. The molecular formula is C70H73N5O4S2. The van der Waals surface area contributed by atoms with Crippen molar-refractivity contribution in [2.75, 3.05) is 28.9 Å². The molecule has 0 radical (unpaired) electrons. The molecule has 3 aliphatic rings. The number of aromatic nitrogens is 2. The zero-order valence-electron chi connectivity index (χ0n) is 49.0. The van der Waals surface area contributed by atoms with Crippen LogP contribution in [0.15, 0.2) is 184 Å². The van der Waals surface area contributed by atoms with Crippen LogP contribution in [0.5, 0.6) is 28.7 Å². The van der Waals surface area contributed by atoms with E-state index in [9.17, 15) is 0 Å². The minimum atomic E-state index is 0.734. The summed E-state index contributed by atoms with van der Waals surface area (Å²) in [5, 5.41) is 1.15. The van der Waals surface area contributed by atoms with E-state index in [0.717, 1.165) is 80.3 Å². The fourth-order valence-corrected chi connectivity index (χ4v) is 11.6. The molecule has 11 heteroatoms. The molecule has 2 aromatic heterocycles. The molecule has 0 amide bonds. The number of aryl methyl sites for hydroxylation is 11. The van der Waals surface area contributed by atoms with E-state index in [4.69, 9.17) is 18.6 Å². The van der Waals surface area contributed by atoms with E-state index in [1.54, 1.807) is 24.6 Å². The first-order chi connectivity index (χ1) is 39.0. The normalized spacial score (nSPS) is 12.0. The molecule has 0 bridgehead atoms. The molecule has 8 aromatic carbocycles. The number of hydrogen-bond donors (Lipinski definition) is 0. The Morgan fingerprint density at radius 3 is 1.26 bits per heavy atom. The second-order valence-corrected chi connectivity index (χ2v) is 23.3. The summed E-state index contributed by atoms with van der Waals surface area (Å²) in [5.74, 6) is 6.18. The second-order valence-electron chi connectivity index (χ2n) is 20.8. The smallest absolute Gasteiger partial charge is 0.191 e. The Morgan fingerprint density at radius 1 is 0.469 bits per heavy atom. The van der Waals surface area contributed by atoms with E-state index in [1.807, 2.05) is 50.9 Å². The summed E-state index contributed by atoms with van der Waals surface area (Å²) in [5.41, 5.74) is 18.0. The SMILES string of the molecule is CCCCc1ccc(N2c3ccc(C)cc3Oc3cc(C)ccc32)cc1.COc1ccc(N2c3ccc(C)cc3Sc3cc(C)ccc32)cc1.Cc1ccc2c(c1)Oc1cc(C)ccc1N2C.Cc1cnc(C)o1.Cc1cnc(C)s1. The third kappa shape index (κ3) is 14.0. The van der Waals surface area contributed by atoms with Gasteiger partial charge in [-0.25, -0.2) is 9.97 Å². The van der Waals surface area contributed by atoms with E-state index < -0.39 is 0 Å². The monoisotopic (exact) mass is 1110 g/mol. The van der Waals surface area contributed by atoms with Crippen LogP contribution in [-0.2, 0) is 6.42 Å². The van der Waals surface area contributed by atoms with Crippen molar-refractivity contribution in [2.45, 2.75) is 105 Å². The number of nitrogens with zero attached hydrogens (tertiary/aromatic N) is 5. The molecule has 3 aliphatic heterocycles. The number of anilines is 8. The van der Waals surface area contributed by atoms with Gasteiger partial charge in [-0.15, -0.1) is 11.3 Å². The fourth-order valence-electron chi connectivity index (χ4n) is 9.67. The van der Waals surface area contributed by atoms with Crippen LogP contribution in [0.3, 0.4) is 0 Å². The third-order valence-corrected chi connectivity index (χ3v) is 15.8. The average Bonchev–Trinajstić information content (AvgIpc) is 4.09. The van der Waals surface area contributed by atoms with Crippen LogP contribution in [0.4, 0.5) is 45.5 Å². The summed E-state index contributed by atoms with van der Waals surface area (Å²) in [6.45, 7) is 22.7. The van der Waals surface area contributed by atoms with Crippen molar-refractivity contribution in [3.05, 3.63) is 231 Å². The zero-order chi connectivity index (χ0) is 57.3. The van der Waals surface area contributed by atoms with Gasteiger partial charge < -0.3 is 33.3 Å². The summed E-state index contributed by atoms with van der Waals surface area (Å²) >= 11 is 3.58. The van der Waals surface area contributed by atoms with Crippen molar-refractivity contribution in [1.29, 1.82) is 0 Å². The molecule has 5 heterocycles. The highest BCUT2D eigenvalue weighted by Gasteiger charge is 2.27. The number of ether oxygens (including phenoxy) is 3. The first-order valence-electron chi connectivity index (χ1n) is 27.6. The molecule has 414 valence electrons. The van der Waals surface area contributed by atoms with Gasteiger partial charge in [-0.1, -0.05) is 73.6 Å². The molecule has 0 saturated heterocycles. The lowest BCUT2D eigenvalue weighted by atomic mass is 10.1. The highest BCUT2D eigenvalue weighted by molar-refractivity contribution is 7.99. The van der Waals surface area contributed by atoms with Crippen LogP contribution in [-0.4, -0.2) is 24.1 Å². The summed E-state index contributed by atoms with van der Waals surface area (Å²) in [6, 6.07) is 55.9. The maximum atomic E-state index is 6.23. The lowest BCUT2D eigenvalue weighted by Crippen LogP contribution is -2.16. The highest BCUT2D eigenvalue weighted by atomic mass is 32.2. The first-order valence-corrected chi connectivity index (χ1v) is 29.2. The standard InChI is InChI=1S/C24H25NO.C21H19NOS.C15H15NO.C5H7NO.C5H7NS/c1-4-5-6-19-9-11-20(12-10-19)25-21-13-7-17(2)15-23(21)26-24-16-18(3)8-14-22(24)25;1-14-4-10-18-20(12-14)24-21-13-15(2)5-11-19(21)22(18)16-6-8-17(23-3)9-7-16;1-10-4-6-12-14(8-10)17-15-9-11(2)5-7-13(15)16(12)3;2*1-4-3-6-5(2)7-4/h7-16H,4-6H2,1-3H3;4-13H,1-3H3;4-9H,1-3H3;2*3H,1-2H3. The maximum Gasteiger partial charge on any atom is 0.191 e. The number of fused-ring (bicyclic) bond motifs is 6. The van der Waals surface area contributed by atoms with Gasteiger partial charge in [-0.05, 0) is 223 Å². The van der Waals surface area contributed by atoms with E-state index >= 15 is 0 Å². The van der Waals surface area contributed by atoms with Gasteiger partial charge in [0.25, 0.3) is 0 Å². The van der Waals surface area contributed by atoms with Crippen LogP contribution in [0.2, 0.25) is 0 Å². The molecule has 0 atom stereocenters. The number of unbranched alkanes of at least 4 members (excludes halogenated alkanes) is 1. The van der Waals surface area contributed by atoms with Crippen LogP contribution >= 0.6 is 23.1 Å². The van der Waals surface area contributed by atoms with Crippen LogP contribution in [0.25, 0.3) is 0 Å². The van der Waals surface area contributed by atoms with Gasteiger partial charge in [0.1, 0.15) is 11.5 Å². The molecule has 0 fully saturated rings. The van der Waals surface area contributed by atoms with Crippen LogP contribution in [0.1, 0.15) is 80.2 Å². The number of oxazole rings is 1. The van der Waals surface area contributed by atoms with E-state index in [0.29, 0.717) is 0 Å². The Labute approximate surface area is 487 Å². The molecule has 0 unspecified atom stereocenters. The Bertz CT molecular complexity index is 3550. The summed E-state index contributed by atoms with van der Waals surface area (Å²) in [6.07, 6.45) is 7.20. The average molecular weight is 1110 g/mol. The summed E-state index contributed by atoms with van der Waals surface area (Å²) in [4.78, 5) is 18.6.